The predicted octanol–water partition coefficient (Wildman–Crippen LogP) is 2.32. The number of carbonyl (C=O) groups excluding carboxylic acids is 2. The van der Waals surface area contributed by atoms with Crippen molar-refractivity contribution in [1.82, 2.24) is 10.3 Å². The van der Waals surface area contributed by atoms with Gasteiger partial charge in [0.1, 0.15) is 6.04 Å². The summed E-state index contributed by atoms with van der Waals surface area (Å²) in [7, 11) is 0. The molecular formula is C15H17N3O2S. The minimum atomic E-state index is -0.415. The Morgan fingerprint density at radius 2 is 2.29 bits per heavy atom. The van der Waals surface area contributed by atoms with Gasteiger partial charge in [-0.2, -0.15) is 0 Å². The minimum absolute atomic E-state index is 0.0217. The van der Waals surface area contributed by atoms with Crippen molar-refractivity contribution in [1.29, 1.82) is 0 Å². The number of nitrogens with zero attached hydrogens (tertiary/aromatic N) is 2. The molecule has 5 nitrogen and oxygen atoms in total. The molecule has 2 amide bonds. The number of carbonyl (C=O) groups is 2. The third-order valence-corrected chi connectivity index (χ3v) is 4.46. The van der Waals surface area contributed by atoms with Gasteiger partial charge in [-0.1, -0.05) is 13.3 Å². The molecule has 0 aliphatic carbocycles. The zero-order valence-electron chi connectivity index (χ0n) is 11.8. The summed E-state index contributed by atoms with van der Waals surface area (Å²) in [4.78, 5) is 30.4. The molecule has 0 bridgehead atoms. The summed E-state index contributed by atoms with van der Waals surface area (Å²) in [5.74, 6) is -0.0743. The van der Waals surface area contributed by atoms with Crippen molar-refractivity contribution in [3.63, 3.8) is 0 Å². The SMILES string of the molecule is CCCC1NC(=O)CCN(c2ccc3ncsc3c2)C1=O. The standard InChI is InChI=1S/C15H17N3O2S/c1-2-3-12-15(20)18(7-6-14(19)17-12)10-4-5-11-13(8-10)21-9-16-11/h4-5,8-9,12H,2-3,6-7H2,1H3,(H,17,19). The lowest BCUT2D eigenvalue weighted by atomic mass is 10.1. The maximum atomic E-state index is 12.7. The van der Waals surface area contributed by atoms with Crippen molar-refractivity contribution in [3.8, 4) is 0 Å². The second-order valence-corrected chi connectivity index (χ2v) is 6.04. The second kappa shape index (κ2) is 5.81. The van der Waals surface area contributed by atoms with E-state index < -0.39 is 6.04 Å². The molecule has 2 heterocycles. The first-order valence-corrected chi connectivity index (χ1v) is 8.01. The topological polar surface area (TPSA) is 62.3 Å². The van der Waals surface area contributed by atoms with Crippen LogP contribution in [0.4, 0.5) is 5.69 Å². The summed E-state index contributed by atoms with van der Waals surface area (Å²) in [6, 6.07) is 5.38. The summed E-state index contributed by atoms with van der Waals surface area (Å²) in [6.07, 6.45) is 1.87. The molecule has 1 aromatic heterocycles. The molecular weight excluding hydrogens is 286 g/mol. The van der Waals surface area contributed by atoms with Gasteiger partial charge in [0.25, 0.3) is 0 Å². The van der Waals surface area contributed by atoms with Crippen LogP contribution in [0.1, 0.15) is 26.2 Å². The van der Waals surface area contributed by atoms with Gasteiger partial charge in [-0.3, -0.25) is 9.59 Å². The van der Waals surface area contributed by atoms with Gasteiger partial charge in [0.2, 0.25) is 11.8 Å². The Labute approximate surface area is 127 Å². The fraction of sp³-hybridized carbons (Fsp3) is 0.400. The van der Waals surface area contributed by atoms with Gasteiger partial charge in [0.15, 0.2) is 0 Å². The van der Waals surface area contributed by atoms with E-state index in [1.165, 1.54) is 0 Å². The molecule has 1 atom stereocenters. The third kappa shape index (κ3) is 2.76. The monoisotopic (exact) mass is 303 g/mol. The van der Waals surface area contributed by atoms with Crippen molar-refractivity contribution in [2.45, 2.75) is 32.2 Å². The van der Waals surface area contributed by atoms with E-state index in [-0.39, 0.29) is 11.8 Å². The smallest absolute Gasteiger partial charge is 0.249 e. The number of hydrogen-bond acceptors (Lipinski definition) is 4. The summed E-state index contributed by atoms with van der Waals surface area (Å²) in [5.41, 5.74) is 3.57. The first kappa shape index (κ1) is 14.0. The molecule has 1 aromatic carbocycles. The fourth-order valence-corrected chi connectivity index (χ4v) is 3.30. The van der Waals surface area contributed by atoms with Crippen molar-refractivity contribution < 1.29 is 9.59 Å². The minimum Gasteiger partial charge on any atom is -0.344 e. The van der Waals surface area contributed by atoms with Crippen LogP contribution in [0.5, 0.6) is 0 Å². The summed E-state index contributed by atoms with van der Waals surface area (Å²) in [6.45, 7) is 2.44. The van der Waals surface area contributed by atoms with E-state index in [2.05, 4.69) is 10.3 Å². The van der Waals surface area contributed by atoms with Gasteiger partial charge < -0.3 is 10.2 Å². The Hall–Kier alpha value is -1.95. The van der Waals surface area contributed by atoms with E-state index in [4.69, 9.17) is 0 Å². The van der Waals surface area contributed by atoms with Crippen LogP contribution in [-0.4, -0.2) is 29.4 Å². The highest BCUT2D eigenvalue weighted by Gasteiger charge is 2.30. The van der Waals surface area contributed by atoms with E-state index in [0.717, 1.165) is 22.3 Å². The molecule has 1 saturated heterocycles. The molecule has 6 heteroatoms. The molecule has 1 aliphatic heterocycles. The Morgan fingerprint density at radius 3 is 3.10 bits per heavy atom. The van der Waals surface area contributed by atoms with Gasteiger partial charge in [-0.05, 0) is 24.6 Å². The molecule has 0 saturated carbocycles. The van der Waals surface area contributed by atoms with Crippen LogP contribution in [0, 0.1) is 0 Å². The highest BCUT2D eigenvalue weighted by molar-refractivity contribution is 7.16. The number of aromatic nitrogens is 1. The zero-order chi connectivity index (χ0) is 14.8. The zero-order valence-corrected chi connectivity index (χ0v) is 12.7. The maximum absolute atomic E-state index is 12.7. The molecule has 21 heavy (non-hydrogen) atoms. The van der Waals surface area contributed by atoms with Gasteiger partial charge >= 0.3 is 0 Å². The van der Waals surface area contributed by atoms with E-state index in [0.29, 0.717) is 19.4 Å². The van der Waals surface area contributed by atoms with Crippen molar-refractivity contribution in [3.05, 3.63) is 23.7 Å². The summed E-state index contributed by atoms with van der Waals surface area (Å²) in [5, 5.41) is 2.82. The molecule has 1 N–H and O–H groups in total. The van der Waals surface area contributed by atoms with E-state index in [1.807, 2.05) is 25.1 Å². The molecule has 110 valence electrons. The van der Waals surface area contributed by atoms with E-state index >= 15 is 0 Å². The average Bonchev–Trinajstić information content (AvgIpc) is 2.89. The lowest BCUT2D eigenvalue weighted by Gasteiger charge is -2.24. The van der Waals surface area contributed by atoms with Crippen LogP contribution >= 0.6 is 11.3 Å². The number of benzene rings is 1. The number of fused-ring (bicyclic) bond motifs is 1. The van der Waals surface area contributed by atoms with Crippen LogP contribution < -0.4 is 10.2 Å². The van der Waals surface area contributed by atoms with Crippen LogP contribution in [0.15, 0.2) is 23.7 Å². The van der Waals surface area contributed by atoms with Gasteiger partial charge in [0, 0.05) is 18.7 Å². The van der Waals surface area contributed by atoms with Crippen molar-refractivity contribution in [2.75, 3.05) is 11.4 Å². The number of rotatable bonds is 3. The van der Waals surface area contributed by atoms with Crippen LogP contribution in [0.2, 0.25) is 0 Å². The Balaban J connectivity index is 1.94. The molecule has 1 unspecified atom stereocenters. The van der Waals surface area contributed by atoms with Crippen LogP contribution in [-0.2, 0) is 9.59 Å². The average molecular weight is 303 g/mol. The Kier molecular flexibility index (Phi) is 3.88. The predicted molar refractivity (Wildman–Crippen MR) is 83.4 cm³/mol. The quantitative estimate of drug-likeness (QED) is 0.946. The van der Waals surface area contributed by atoms with Crippen molar-refractivity contribution in [2.24, 2.45) is 0 Å². The number of amides is 2. The summed E-state index contributed by atoms with van der Waals surface area (Å²) >= 11 is 1.55. The number of anilines is 1. The van der Waals surface area contributed by atoms with Gasteiger partial charge in [-0.25, -0.2) is 4.98 Å². The number of hydrogen-bond donors (Lipinski definition) is 1. The highest BCUT2D eigenvalue weighted by Crippen LogP contribution is 2.26. The second-order valence-electron chi connectivity index (χ2n) is 5.15. The largest absolute Gasteiger partial charge is 0.344 e. The van der Waals surface area contributed by atoms with E-state index in [9.17, 15) is 9.59 Å². The first-order valence-electron chi connectivity index (χ1n) is 7.13. The third-order valence-electron chi connectivity index (χ3n) is 3.67. The lowest BCUT2D eigenvalue weighted by Crippen LogP contribution is -2.44. The van der Waals surface area contributed by atoms with Gasteiger partial charge in [-0.15, -0.1) is 11.3 Å². The van der Waals surface area contributed by atoms with Crippen molar-refractivity contribution >= 4 is 39.1 Å². The van der Waals surface area contributed by atoms with Gasteiger partial charge in [0.05, 0.1) is 15.7 Å². The maximum Gasteiger partial charge on any atom is 0.249 e. The lowest BCUT2D eigenvalue weighted by molar-refractivity contribution is -0.125. The molecule has 3 rings (SSSR count). The number of thiazole rings is 1. The summed E-state index contributed by atoms with van der Waals surface area (Å²) < 4.78 is 1.05. The van der Waals surface area contributed by atoms with Crippen LogP contribution in [0.3, 0.4) is 0 Å². The molecule has 1 aliphatic rings. The normalized spacial score (nSPS) is 19.7. The van der Waals surface area contributed by atoms with E-state index in [1.54, 1.807) is 21.7 Å². The Morgan fingerprint density at radius 1 is 1.43 bits per heavy atom. The molecule has 0 radical (unpaired) electrons. The van der Waals surface area contributed by atoms with Crippen LogP contribution in [0.25, 0.3) is 10.2 Å². The number of nitrogens with one attached hydrogen (secondary N) is 1. The fourth-order valence-electron chi connectivity index (χ4n) is 2.59. The molecule has 2 aromatic rings. The highest BCUT2D eigenvalue weighted by atomic mass is 32.1. The molecule has 0 spiro atoms. The first-order chi connectivity index (χ1) is 10.2. The Bertz CT molecular complexity index is 682. The molecule has 1 fully saturated rings.